The molecule has 0 atom stereocenters. The Balaban J connectivity index is 2.23. The zero-order valence-corrected chi connectivity index (χ0v) is 18.4. The van der Waals surface area contributed by atoms with Crippen molar-refractivity contribution in [2.24, 2.45) is 5.92 Å². The topological polar surface area (TPSA) is 66.8 Å². The molecule has 0 aliphatic heterocycles. The first-order chi connectivity index (χ1) is 14.3. The van der Waals surface area contributed by atoms with Crippen molar-refractivity contribution < 1.29 is 23.8 Å². The largest absolute Gasteiger partial charge is 0.495 e. The van der Waals surface area contributed by atoms with Crippen LogP contribution >= 0.6 is 11.6 Å². The Morgan fingerprint density at radius 1 is 1.13 bits per heavy atom. The normalized spacial score (nSPS) is 11.0. The van der Waals surface area contributed by atoms with Crippen LogP contribution in [-0.2, 0) is 9.53 Å². The molecule has 1 aromatic heterocycles. The van der Waals surface area contributed by atoms with E-state index in [2.05, 4.69) is 0 Å². The van der Waals surface area contributed by atoms with Crippen LogP contribution in [0.4, 0.5) is 0 Å². The third-order valence-electron chi connectivity index (χ3n) is 4.74. The predicted molar refractivity (Wildman–Crippen MR) is 116 cm³/mol. The Hall–Kier alpha value is -2.99. The summed E-state index contributed by atoms with van der Waals surface area (Å²) in [6, 6.07) is 10.6. The van der Waals surface area contributed by atoms with Crippen LogP contribution in [0, 0.1) is 12.8 Å². The number of carbonyl (C=O) groups excluding carboxylic acids is 2. The van der Waals surface area contributed by atoms with Gasteiger partial charge in [-0.1, -0.05) is 25.4 Å². The fraction of sp³-hybridized carbons (Fsp3) is 0.304. The van der Waals surface area contributed by atoms with Crippen molar-refractivity contribution in [1.29, 1.82) is 0 Å². The molecule has 0 aliphatic rings. The quantitative estimate of drug-likeness (QED) is 0.391. The summed E-state index contributed by atoms with van der Waals surface area (Å²) >= 11 is 6.33. The minimum Gasteiger partial charge on any atom is -0.495 e. The number of esters is 2. The second-order valence-electron chi connectivity index (χ2n) is 7.09. The van der Waals surface area contributed by atoms with Crippen molar-refractivity contribution in [1.82, 2.24) is 4.57 Å². The molecule has 2 aromatic carbocycles. The molecule has 3 aromatic rings. The highest BCUT2D eigenvalue weighted by Crippen LogP contribution is 2.35. The number of nitrogens with zero attached hydrogens (tertiary/aromatic N) is 1. The van der Waals surface area contributed by atoms with Crippen LogP contribution in [-0.4, -0.2) is 30.2 Å². The summed E-state index contributed by atoms with van der Waals surface area (Å²) < 4.78 is 17.9. The highest BCUT2D eigenvalue weighted by Gasteiger charge is 2.23. The summed E-state index contributed by atoms with van der Waals surface area (Å²) in [4.78, 5) is 24.8. The van der Waals surface area contributed by atoms with Crippen molar-refractivity contribution in [3.05, 3.63) is 52.7 Å². The van der Waals surface area contributed by atoms with Crippen molar-refractivity contribution in [3.63, 3.8) is 0 Å². The third kappa shape index (κ3) is 4.00. The lowest BCUT2D eigenvalue weighted by molar-refractivity contribution is -0.137. The first kappa shape index (κ1) is 21.7. The number of benzene rings is 2. The van der Waals surface area contributed by atoms with E-state index in [1.54, 1.807) is 52.1 Å². The second-order valence-corrected chi connectivity index (χ2v) is 7.50. The summed E-state index contributed by atoms with van der Waals surface area (Å²) in [6.45, 7) is 7.37. The van der Waals surface area contributed by atoms with Gasteiger partial charge in [0.05, 0.1) is 35.7 Å². The number of hydrogen-bond donors (Lipinski definition) is 0. The van der Waals surface area contributed by atoms with Crippen LogP contribution in [0.25, 0.3) is 16.6 Å². The minimum absolute atomic E-state index is 0.251. The van der Waals surface area contributed by atoms with E-state index in [1.807, 2.05) is 23.6 Å². The van der Waals surface area contributed by atoms with Gasteiger partial charge in [-0.05, 0) is 50.2 Å². The van der Waals surface area contributed by atoms with Gasteiger partial charge >= 0.3 is 11.9 Å². The first-order valence-corrected chi connectivity index (χ1v) is 10.0. The number of hydrogen-bond acceptors (Lipinski definition) is 5. The predicted octanol–water partition coefficient (Wildman–Crippen LogP) is 5.34. The van der Waals surface area contributed by atoms with Crippen molar-refractivity contribution in [2.45, 2.75) is 27.7 Å². The molecule has 0 radical (unpaired) electrons. The SMILES string of the molecule is CCOC(=O)c1c(C)n(-c2ccc(OC)c(Cl)c2)c2ccc(OC(=O)C(C)C)cc12. The molecule has 3 rings (SSSR count). The molecule has 7 heteroatoms. The van der Waals surface area contributed by atoms with Crippen LogP contribution in [0.3, 0.4) is 0 Å². The molecule has 0 N–H and O–H groups in total. The fourth-order valence-corrected chi connectivity index (χ4v) is 3.54. The van der Waals surface area contributed by atoms with Gasteiger partial charge in [-0.25, -0.2) is 4.79 Å². The van der Waals surface area contributed by atoms with E-state index in [0.717, 1.165) is 11.2 Å². The van der Waals surface area contributed by atoms with Gasteiger partial charge in [-0.15, -0.1) is 0 Å². The second kappa shape index (κ2) is 8.79. The Morgan fingerprint density at radius 3 is 2.47 bits per heavy atom. The van der Waals surface area contributed by atoms with Gasteiger partial charge < -0.3 is 18.8 Å². The van der Waals surface area contributed by atoms with E-state index in [1.165, 1.54) is 0 Å². The lowest BCUT2D eigenvalue weighted by atomic mass is 10.1. The minimum atomic E-state index is -0.439. The number of rotatable bonds is 6. The third-order valence-corrected chi connectivity index (χ3v) is 5.03. The Labute approximate surface area is 180 Å². The first-order valence-electron chi connectivity index (χ1n) is 9.66. The number of ether oxygens (including phenoxy) is 3. The maximum absolute atomic E-state index is 12.7. The van der Waals surface area contributed by atoms with Crippen LogP contribution in [0.5, 0.6) is 11.5 Å². The number of carbonyl (C=O) groups is 2. The molecule has 30 heavy (non-hydrogen) atoms. The van der Waals surface area contributed by atoms with Crippen LogP contribution < -0.4 is 9.47 Å². The van der Waals surface area contributed by atoms with E-state index in [4.69, 9.17) is 25.8 Å². The van der Waals surface area contributed by atoms with E-state index in [-0.39, 0.29) is 18.5 Å². The van der Waals surface area contributed by atoms with E-state index < -0.39 is 5.97 Å². The molecule has 0 bridgehead atoms. The van der Waals surface area contributed by atoms with Gasteiger partial charge in [0.15, 0.2) is 0 Å². The molecule has 0 amide bonds. The van der Waals surface area contributed by atoms with Crippen LogP contribution in [0.2, 0.25) is 5.02 Å². The van der Waals surface area contributed by atoms with Gasteiger partial charge in [-0.2, -0.15) is 0 Å². The molecule has 6 nitrogen and oxygen atoms in total. The molecule has 0 fully saturated rings. The number of halogens is 1. The highest BCUT2D eigenvalue weighted by atomic mass is 35.5. The monoisotopic (exact) mass is 429 g/mol. The molecule has 0 saturated heterocycles. The molecule has 0 spiro atoms. The van der Waals surface area contributed by atoms with Crippen LogP contribution in [0.15, 0.2) is 36.4 Å². The van der Waals surface area contributed by atoms with Gasteiger partial charge in [0.25, 0.3) is 0 Å². The van der Waals surface area contributed by atoms with E-state index in [9.17, 15) is 9.59 Å². The molecular weight excluding hydrogens is 406 g/mol. The lowest BCUT2D eigenvalue weighted by Gasteiger charge is -2.11. The average Bonchev–Trinajstić information content (AvgIpc) is 2.99. The van der Waals surface area contributed by atoms with Crippen molar-refractivity contribution >= 4 is 34.4 Å². The summed E-state index contributed by atoms with van der Waals surface area (Å²) in [5.74, 6) is -0.117. The van der Waals surface area contributed by atoms with Gasteiger partial charge in [0.2, 0.25) is 0 Å². The van der Waals surface area contributed by atoms with Crippen molar-refractivity contribution in [2.75, 3.05) is 13.7 Å². The average molecular weight is 430 g/mol. The standard InChI is InChI=1S/C23H24ClNO5/c1-6-29-23(27)21-14(4)25(15-7-10-20(28-5)18(24)11-15)19-9-8-16(12-17(19)21)30-22(26)13(2)3/h7-13H,6H2,1-5H3. The summed E-state index contributed by atoms with van der Waals surface area (Å²) in [6.07, 6.45) is 0. The highest BCUT2D eigenvalue weighted by molar-refractivity contribution is 6.32. The fourth-order valence-electron chi connectivity index (χ4n) is 3.28. The number of methoxy groups -OCH3 is 1. The molecule has 1 heterocycles. The number of fused-ring (bicyclic) bond motifs is 1. The maximum atomic E-state index is 12.7. The van der Waals surface area contributed by atoms with E-state index in [0.29, 0.717) is 33.2 Å². The Morgan fingerprint density at radius 2 is 1.87 bits per heavy atom. The Kier molecular flexibility index (Phi) is 6.37. The summed E-state index contributed by atoms with van der Waals surface area (Å²) in [7, 11) is 1.55. The van der Waals surface area contributed by atoms with Gasteiger partial charge in [-0.3, -0.25) is 4.79 Å². The molecular formula is C23H24ClNO5. The summed E-state index contributed by atoms with van der Waals surface area (Å²) in [5, 5.41) is 1.09. The molecule has 158 valence electrons. The number of aromatic nitrogens is 1. The zero-order valence-electron chi connectivity index (χ0n) is 17.6. The lowest BCUT2D eigenvalue weighted by Crippen LogP contribution is -2.14. The zero-order chi connectivity index (χ0) is 22.0. The molecule has 0 saturated carbocycles. The van der Waals surface area contributed by atoms with Gasteiger partial charge in [0, 0.05) is 16.8 Å². The van der Waals surface area contributed by atoms with E-state index >= 15 is 0 Å². The smallest absolute Gasteiger partial charge is 0.340 e. The molecule has 0 aliphatic carbocycles. The van der Waals surface area contributed by atoms with Gasteiger partial charge in [0.1, 0.15) is 11.5 Å². The molecule has 0 unspecified atom stereocenters. The Bertz CT molecular complexity index is 1120. The summed E-state index contributed by atoms with van der Waals surface area (Å²) in [5.41, 5.74) is 2.64. The van der Waals surface area contributed by atoms with Crippen LogP contribution in [0.1, 0.15) is 36.8 Å². The van der Waals surface area contributed by atoms with Crippen molar-refractivity contribution in [3.8, 4) is 17.2 Å². The maximum Gasteiger partial charge on any atom is 0.340 e.